The van der Waals surface area contributed by atoms with Crippen LogP contribution in [0.25, 0.3) is 0 Å². The van der Waals surface area contributed by atoms with Gasteiger partial charge in [-0.15, -0.1) is 0 Å². The second kappa shape index (κ2) is 7.20. The number of alkyl halides is 1. The number of hydrogen-bond donors (Lipinski definition) is 1. The molecule has 2 nitrogen and oxygen atoms in total. The van der Waals surface area contributed by atoms with Gasteiger partial charge in [-0.05, 0) is 17.2 Å². The predicted molar refractivity (Wildman–Crippen MR) is 81.2 cm³/mol. The molecule has 2 aromatic rings. The minimum Gasteiger partial charge on any atom is -0.348 e. The predicted octanol–water partition coefficient (Wildman–Crippen LogP) is 3.62. The average Bonchev–Trinajstić information content (AvgIpc) is 2.48. The highest BCUT2D eigenvalue weighted by Crippen LogP contribution is 2.15. The lowest BCUT2D eigenvalue weighted by Crippen LogP contribution is -2.31. The van der Waals surface area contributed by atoms with Crippen LogP contribution in [0.2, 0.25) is 0 Å². The first-order chi connectivity index (χ1) is 9.70. The van der Waals surface area contributed by atoms with Gasteiger partial charge in [0, 0.05) is 5.33 Å². The van der Waals surface area contributed by atoms with Gasteiger partial charge in [-0.3, -0.25) is 4.79 Å². The van der Waals surface area contributed by atoms with E-state index in [1.54, 1.807) is 18.2 Å². The Hall–Kier alpha value is -1.68. The van der Waals surface area contributed by atoms with Crippen LogP contribution >= 0.6 is 15.9 Å². The number of hydrogen-bond acceptors (Lipinski definition) is 1. The lowest BCUT2D eigenvalue weighted by molar-refractivity contribution is -0.121. The van der Waals surface area contributed by atoms with Crippen LogP contribution in [0.3, 0.4) is 0 Å². The van der Waals surface area contributed by atoms with Crippen LogP contribution in [0.1, 0.15) is 17.2 Å². The second-order valence-electron chi connectivity index (χ2n) is 4.45. The van der Waals surface area contributed by atoms with Crippen molar-refractivity contribution in [1.29, 1.82) is 0 Å². The number of halogens is 2. The average molecular weight is 336 g/mol. The molecule has 0 aromatic heterocycles. The minimum absolute atomic E-state index is 0.0446. The zero-order valence-corrected chi connectivity index (χ0v) is 12.4. The maximum atomic E-state index is 13.5. The minimum atomic E-state index is -0.349. The molecule has 0 heterocycles. The molecular weight excluding hydrogens is 321 g/mol. The molecule has 4 heteroatoms. The number of carbonyl (C=O) groups excluding carboxylic acids is 1. The van der Waals surface area contributed by atoms with E-state index in [0.717, 1.165) is 5.56 Å². The maximum absolute atomic E-state index is 13.5. The Kier molecular flexibility index (Phi) is 5.30. The van der Waals surface area contributed by atoms with Crippen LogP contribution in [0.4, 0.5) is 4.39 Å². The smallest absolute Gasteiger partial charge is 0.225 e. The molecule has 20 heavy (non-hydrogen) atoms. The van der Waals surface area contributed by atoms with Crippen LogP contribution in [0.5, 0.6) is 0 Å². The number of benzene rings is 2. The molecule has 0 fully saturated rings. The summed E-state index contributed by atoms with van der Waals surface area (Å²) in [7, 11) is 0. The monoisotopic (exact) mass is 335 g/mol. The van der Waals surface area contributed by atoms with Crippen LogP contribution in [0, 0.1) is 5.82 Å². The van der Waals surface area contributed by atoms with E-state index in [0.29, 0.717) is 10.9 Å². The summed E-state index contributed by atoms with van der Waals surface area (Å²) in [4.78, 5) is 12.0. The van der Waals surface area contributed by atoms with E-state index in [1.165, 1.54) is 6.07 Å². The van der Waals surface area contributed by atoms with E-state index in [4.69, 9.17) is 0 Å². The van der Waals surface area contributed by atoms with Crippen LogP contribution in [-0.4, -0.2) is 11.2 Å². The zero-order chi connectivity index (χ0) is 14.4. The molecule has 0 saturated carbocycles. The van der Waals surface area contributed by atoms with Crippen molar-refractivity contribution < 1.29 is 9.18 Å². The quantitative estimate of drug-likeness (QED) is 0.830. The lowest BCUT2D eigenvalue weighted by atomic mass is 10.1. The third kappa shape index (κ3) is 3.90. The summed E-state index contributed by atoms with van der Waals surface area (Å²) in [6.45, 7) is 0. The normalized spacial score (nSPS) is 11.9. The molecule has 1 unspecified atom stereocenters. The Morgan fingerprint density at radius 3 is 2.40 bits per heavy atom. The standard InChI is InChI=1S/C16H15BrFNO/c17-11-15(12-6-2-1-3-7-12)19-16(20)10-13-8-4-5-9-14(13)18/h1-9,15H,10-11H2,(H,19,20). The third-order valence-electron chi connectivity index (χ3n) is 3.00. The summed E-state index contributed by atoms with van der Waals surface area (Å²) in [6.07, 6.45) is 0.0446. The van der Waals surface area contributed by atoms with Gasteiger partial charge >= 0.3 is 0 Å². The van der Waals surface area contributed by atoms with Crippen molar-refractivity contribution in [2.75, 3.05) is 5.33 Å². The fourth-order valence-electron chi connectivity index (χ4n) is 1.96. The number of rotatable bonds is 5. The summed E-state index contributed by atoms with van der Waals surface area (Å²) in [5.74, 6) is -0.541. The second-order valence-corrected chi connectivity index (χ2v) is 5.10. The van der Waals surface area contributed by atoms with E-state index in [-0.39, 0.29) is 24.2 Å². The van der Waals surface area contributed by atoms with Crippen LogP contribution in [-0.2, 0) is 11.2 Å². The van der Waals surface area contributed by atoms with Gasteiger partial charge in [0.25, 0.3) is 0 Å². The molecule has 0 aliphatic heterocycles. The van der Waals surface area contributed by atoms with Crippen molar-refractivity contribution in [2.24, 2.45) is 0 Å². The Balaban J connectivity index is 2.02. The topological polar surface area (TPSA) is 29.1 Å². The summed E-state index contributed by atoms with van der Waals surface area (Å²) in [6, 6.07) is 15.9. The fourth-order valence-corrected chi connectivity index (χ4v) is 2.49. The van der Waals surface area contributed by atoms with Gasteiger partial charge in [0.1, 0.15) is 5.82 Å². The van der Waals surface area contributed by atoms with Crippen molar-refractivity contribution in [3.05, 3.63) is 71.5 Å². The highest BCUT2D eigenvalue weighted by molar-refractivity contribution is 9.09. The Morgan fingerprint density at radius 1 is 1.10 bits per heavy atom. The summed E-state index contributed by atoms with van der Waals surface area (Å²) in [5.41, 5.74) is 1.43. The molecule has 1 N–H and O–H groups in total. The molecule has 0 spiro atoms. The lowest BCUT2D eigenvalue weighted by Gasteiger charge is -2.16. The summed E-state index contributed by atoms with van der Waals surface area (Å²) >= 11 is 3.39. The summed E-state index contributed by atoms with van der Waals surface area (Å²) in [5, 5.41) is 3.52. The molecule has 1 atom stereocenters. The van der Waals surface area contributed by atoms with Gasteiger partial charge in [0.2, 0.25) is 5.91 Å². The Morgan fingerprint density at radius 2 is 1.75 bits per heavy atom. The van der Waals surface area contributed by atoms with Gasteiger partial charge in [-0.25, -0.2) is 4.39 Å². The van der Waals surface area contributed by atoms with Crippen molar-refractivity contribution >= 4 is 21.8 Å². The van der Waals surface area contributed by atoms with Crippen LogP contribution < -0.4 is 5.32 Å². The molecular formula is C16H15BrFNO. The molecule has 0 bridgehead atoms. The molecule has 104 valence electrons. The zero-order valence-electron chi connectivity index (χ0n) is 10.9. The van der Waals surface area contributed by atoms with Crippen molar-refractivity contribution in [3.63, 3.8) is 0 Å². The van der Waals surface area contributed by atoms with Gasteiger partial charge in [-0.1, -0.05) is 64.5 Å². The van der Waals surface area contributed by atoms with Gasteiger partial charge < -0.3 is 5.32 Å². The van der Waals surface area contributed by atoms with Gasteiger partial charge in [0.15, 0.2) is 0 Å². The first kappa shape index (κ1) is 14.7. The Bertz CT molecular complexity index is 574. The van der Waals surface area contributed by atoms with Crippen LogP contribution in [0.15, 0.2) is 54.6 Å². The number of carbonyl (C=O) groups is 1. The van der Waals surface area contributed by atoms with E-state index < -0.39 is 0 Å². The number of amides is 1. The molecule has 2 rings (SSSR count). The van der Waals surface area contributed by atoms with Crippen molar-refractivity contribution in [2.45, 2.75) is 12.5 Å². The molecule has 0 aliphatic rings. The first-order valence-corrected chi connectivity index (χ1v) is 7.46. The first-order valence-electron chi connectivity index (χ1n) is 6.34. The van der Waals surface area contributed by atoms with Crippen molar-refractivity contribution in [3.8, 4) is 0 Å². The summed E-state index contributed by atoms with van der Waals surface area (Å²) < 4.78 is 13.5. The third-order valence-corrected chi connectivity index (χ3v) is 3.65. The molecule has 0 radical (unpaired) electrons. The van der Waals surface area contributed by atoms with E-state index in [1.807, 2.05) is 30.3 Å². The highest BCUT2D eigenvalue weighted by Gasteiger charge is 2.14. The molecule has 0 saturated heterocycles. The molecule has 0 aliphatic carbocycles. The van der Waals surface area contributed by atoms with E-state index in [9.17, 15) is 9.18 Å². The van der Waals surface area contributed by atoms with E-state index in [2.05, 4.69) is 21.2 Å². The Labute approximate surface area is 126 Å². The van der Waals surface area contributed by atoms with Gasteiger partial charge in [-0.2, -0.15) is 0 Å². The van der Waals surface area contributed by atoms with Gasteiger partial charge in [0.05, 0.1) is 12.5 Å². The SMILES string of the molecule is O=C(Cc1ccccc1F)NC(CBr)c1ccccc1. The van der Waals surface area contributed by atoms with Crippen molar-refractivity contribution in [1.82, 2.24) is 5.32 Å². The molecule has 2 aromatic carbocycles. The maximum Gasteiger partial charge on any atom is 0.225 e. The molecule has 1 amide bonds. The fraction of sp³-hybridized carbons (Fsp3) is 0.188. The highest BCUT2D eigenvalue weighted by atomic mass is 79.9. The van der Waals surface area contributed by atoms with E-state index >= 15 is 0 Å². The largest absolute Gasteiger partial charge is 0.348 e. The number of nitrogens with one attached hydrogen (secondary N) is 1.